The normalized spacial score (nSPS) is 14.4. The van der Waals surface area contributed by atoms with Gasteiger partial charge in [-0.1, -0.05) is 13.8 Å². The van der Waals surface area contributed by atoms with Gasteiger partial charge >= 0.3 is 0 Å². The van der Waals surface area contributed by atoms with E-state index in [2.05, 4.69) is 5.32 Å². The second-order valence-electron chi connectivity index (χ2n) is 5.36. The molecule has 3 N–H and O–H groups in total. The molecule has 0 radical (unpaired) electrons. The summed E-state index contributed by atoms with van der Waals surface area (Å²) in [7, 11) is 0. The Morgan fingerprint density at radius 2 is 1.90 bits per heavy atom. The number of hydrogen-bond donors (Lipinski definition) is 2. The monoisotopic (exact) mass is 292 g/mol. The molecule has 1 aliphatic heterocycles. The fraction of sp³-hybridized carbons (Fsp3) is 0.562. The number of carbonyl (C=O) groups excluding carboxylic acids is 1. The van der Waals surface area contributed by atoms with Crippen LogP contribution in [-0.4, -0.2) is 31.2 Å². The summed E-state index contributed by atoms with van der Waals surface area (Å²) in [6.45, 7) is 5.74. The number of amides is 1. The summed E-state index contributed by atoms with van der Waals surface area (Å²) in [5.74, 6) is 1.20. The predicted octanol–water partition coefficient (Wildman–Crippen LogP) is 2.10. The molecule has 1 heterocycles. The van der Waals surface area contributed by atoms with E-state index < -0.39 is 0 Å². The third-order valence-corrected chi connectivity index (χ3v) is 4.13. The Labute approximate surface area is 125 Å². The molecule has 1 aromatic rings. The highest BCUT2D eigenvalue weighted by Crippen LogP contribution is 2.30. The van der Waals surface area contributed by atoms with Crippen LogP contribution in [0.4, 0.5) is 0 Å². The first kappa shape index (κ1) is 15.6. The number of carbonyl (C=O) groups is 1. The molecule has 0 atom stereocenters. The smallest absolute Gasteiger partial charge is 0.251 e. The van der Waals surface area contributed by atoms with E-state index in [1.165, 1.54) is 0 Å². The van der Waals surface area contributed by atoms with Crippen LogP contribution >= 0.6 is 0 Å². The molecule has 1 aromatic carbocycles. The molecule has 2 rings (SSSR count). The van der Waals surface area contributed by atoms with Crippen LogP contribution in [0, 0.1) is 0 Å². The average Bonchev–Trinajstić information content (AvgIpc) is 2.77. The molecule has 0 spiro atoms. The Balaban J connectivity index is 2.18. The molecule has 0 fully saturated rings. The number of benzene rings is 1. The molecule has 21 heavy (non-hydrogen) atoms. The molecule has 0 saturated heterocycles. The summed E-state index contributed by atoms with van der Waals surface area (Å²) >= 11 is 0. The van der Waals surface area contributed by atoms with Crippen molar-refractivity contribution < 1.29 is 14.3 Å². The van der Waals surface area contributed by atoms with Gasteiger partial charge < -0.3 is 20.5 Å². The van der Waals surface area contributed by atoms with Gasteiger partial charge in [0.05, 0.1) is 18.8 Å². The fourth-order valence-corrected chi connectivity index (χ4v) is 2.38. The van der Waals surface area contributed by atoms with Gasteiger partial charge in [0.15, 0.2) is 11.5 Å². The summed E-state index contributed by atoms with van der Waals surface area (Å²) in [5, 5.41) is 3.06. The van der Waals surface area contributed by atoms with Gasteiger partial charge in [0, 0.05) is 18.5 Å². The maximum atomic E-state index is 12.4. The van der Waals surface area contributed by atoms with E-state index in [1.54, 1.807) is 18.2 Å². The van der Waals surface area contributed by atoms with Crippen molar-refractivity contribution in [1.29, 1.82) is 0 Å². The summed E-state index contributed by atoms with van der Waals surface area (Å²) in [6.07, 6.45) is 2.45. The van der Waals surface area contributed by atoms with Gasteiger partial charge in [0.2, 0.25) is 0 Å². The van der Waals surface area contributed by atoms with E-state index in [1.807, 2.05) is 13.8 Å². The zero-order chi connectivity index (χ0) is 15.3. The minimum atomic E-state index is -0.346. The largest absolute Gasteiger partial charge is 0.490 e. The van der Waals surface area contributed by atoms with E-state index in [0.29, 0.717) is 36.8 Å². The highest BCUT2D eigenvalue weighted by molar-refractivity contribution is 5.95. The second kappa shape index (κ2) is 6.80. The van der Waals surface area contributed by atoms with Crippen LogP contribution in [0.3, 0.4) is 0 Å². The average molecular weight is 292 g/mol. The van der Waals surface area contributed by atoms with Crippen LogP contribution in [0.1, 0.15) is 43.5 Å². The third-order valence-electron chi connectivity index (χ3n) is 4.13. The number of rotatable bonds is 5. The van der Waals surface area contributed by atoms with Gasteiger partial charge in [-0.05, 0) is 31.0 Å². The fourth-order valence-electron chi connectivity index (χ4n) is 2.38. The molecule has 0 unspecified atom stereocenters. The van der Waals surface area contributed by atoms with Crippen LogP contribution in [-0.2, 0) is 0 Å². The second-order valence-corrected chi connectivity index (χ2v) is 5.36. The van der Waals surface area contributed by atoms with Gasteiger partial charge in [0.1, 0.15) is 0 Å². The molecule has 1 aliphatic rings. The van der Waals surface area contributed by atoms with Crippen LogP contribution < -0.4 is 20.5 Å². The van der Waals surface area contributed by atoms with E-state index in [-0.39, 0.29) is 11.4 Å². The van der Waals surface area contributed by atoms with Crippen molar-refractivity contribution in [2.75, 3.05) is 19.8 Å². The van der Waals surface area contributed by atoms with E-state index in [4.69, 9.17) is 15.2 Å². The molecular weight excluding hydrogens is 268 g/mol. The number of hydrogen-bond acceptors (Lipinski definition) is 4. The lowest BCUT2D eigenvalue weighted by Gasteiger charge is -2.31. The molecule has 0 aliphatic carbocycles. The summed E-state index contributed by atoms with van der Waals surface area (Å²) in [5.41, 5.74) is 6.05. The molecule has 1 amide bonds. The van der Waals surface area contributed by atoms with Crippen LogP contribution in [0.2, 0.25) is 0 Å². The Morgan fingerprint density at radius 3 is 2.52 bits per heavy atom. The topological polar surface area (TPSA) is 73.6 Å². The van der Waals surface area contributed by atoms with Gasteiger partial charge in [-0.2, -0.15) is 0 Å². The van der Waals surface area contributed by atoms with Gasteiger partial charge in [0.25, 0.3) is 5.91 Å². The van der Waals surface area contributed by atoms with Gasteiger partial charge in [-0.25, -0.2) is 0 Å². The predicted molar refractivity (Wildman–Crippen MR) is 81.9 cm³/mol. The van der Waals surface area contributed by atoms with Crippen LogP contribution in [0.5, 0.6) is 11.5 Å². The third kappa shape index (κ3) is 3.47. The SMILES string of the molecule is CCC(CC)(CN)NC(=O)c1ccc2c(c1)OCCCO2. The van der Waals surface area contributed by atoms with Crippen molar-refractivity contribution in [2.24, 2.45) is 5.73 Å². The highest BCUT2D eigenvalue weighted by Gasteiger charge is 2.27. The Morgan fingerprint density at radius 1 is 1.24 bits per heavy atom. The minimum Gasteiger partial charge on any atom is -0.490 e. The summed E-state index contributed by atoms with van der Waals surface area (Å²) in [6, 6.07) is 5.29. The van der Waals surface area contributed by atoms with Crippen molar-refractivity contribution in [3.63, 3.8) is 0 Å². The van der Waals surface area contributed by atoms with Crippen molar-refractivity contribution in [2.45, 2.75) is 38.6 Å². The van der Waals surface area contributed by atoms with Crippen molar-refractivity contribution >= 4 is 5.91 Å². The maximum absolute atomic E-state index is 12.4. The van der Waals surface area contributed by atoms with E-state index >= 15 is 0 Å². The Kier molecular flexibility index (Phi) is 5.07. The maximum Gasteiger partial charge on any atom is 0.251 e. The van der Waals surface area contributed by atoms with E-state index in [0.717, 1.165) is 19.3 Å². The number of nitrogens with two attached hydrogens (primary N) is 1. The highest BCUT2D eigenvalue weighted by atomic mass is 16.5. The lowest BCUT2D eigenvalue weighted by atomic mass is 9.92. The zero-order valence-electron chi connectivity index (χ0n) is 12.8. The zero-order valence-corrected chi connectivity index (χ0v) is 12.8. The van der Waals surface area contributed by atoms with Crippen molar-refractivity contribution in [3.05, 3.63) is 23.8 Å². The van der Waals surface area contributed by atoms with E-state index in [9.17, 15) is 4.79 Å². The van der Waals surface area contributed by atoms with Crippen LogP contribution in [0.25, 0.3) is 0 Å². The first-order valence-electron chi connectivity index (χ1n) is 7.56. The molecule has 0 bridgehead atoms. The first-order chi connectivity index (χ1) is 10.1. The number of nitrogens with one attached hydrogen (secondary N) is 1. The summed E-state index contributed by atoms with van der Waals surface area (Å²) in [4.78, 5) is 12.4. The molecule has 116 valence electrons. The molecule has 0 aromatic heterocycles. The van der Waals surface area contributed by atoms with Gasteiger partial charge in [-0.15, -0.1) is 0 Å². The molecular formula is C16H24N2O3. The lowest BCUT2D eigenvalue weighted by Crippen LogP contribution is -2.52. The number of fused-ring (bicyclic) bond motifs is 1. The quantitative estimate of drug-likeness (QED) is 0.871. The van der Waals surface area contributed by atoms with Gasteiger partial charge in [-0.3, -0.25) is 4.79 Å². The first-order valence-corrected chi connectivity index (χ1v) is 7.56. The minimum absolute atomic E-state index is 0.125. The van der Waals surface area contributed by atoms with Crippen molar-refractivity contribution in [3.8, 4) is 11.5 Å². The molecule has 5 heteroatoms. The standard InChI is InChI=1S/C16H24N2O3/c1-3-16(4-2,11-17)18-15(19)12-6-7-13-14(10-12)21-9-5-8-20-13/h6-7,10H,3-5,8-9,11,17H2,1-2H3,(H,18,19). The summed E-state index contributed by atoms with van der Waals surface area (Å²) < 4.78 is 11.2. The Bertz CT molecular complexity index is 490. The van der Waals surface area contributed by atoms with Crippen molar-refractivity contribution in [1.82, 2.24) is 5.32 Å². The van der Waals surface area contributed by atoms with Crippen LogP contribution in [0.15, 0.2) is 18.2 Å². The number of ether oxygens (including phenoxy) is 2. The molecule has 0 saturated carbocycles. The molecule has 5 nitrogen and oxygen atoms in total. The Hall–Kier alpha value is -1.75. The lowest BCUT2D eigenvalue weighted by molar-refractivity contribution is 0.0895.